The van der Waals surface area contributed by atoms with Crippen LogP contribution in [0.3, 0.4) is 0 Å². The minimum Gasteiger partial charge on any atom is -0.449 e. The van der Waals surface area contributed by atoms with Crippen molar-refractivity contribution in [2.75, 3.05) is 13.2 Å². The number of fused-ring (bicyclic) bond motifs is 3. The van der Waals surface area contributed by atoms with Gasteiger partial charge in [-0.05, 0) is 41.7 Å². The summed E-state index contributed by atoms with van der Waals surface area (Å²) in [4.78, 5) is 22.9. The number of carbonyl (C=O) groups excluding carboxylic acids is 1. The molecule has 4 rings (SSSR count). The number of alkyl carbamates (subject to hydrolysis) is 1. The predicted octanol–water partition coefficient (Wildman–Crippen LogP) is 4.23. The number of carbonyl (C=O) groups is 1. The summed E-state index contributed by atoms with van der Waals surface area (Å²) in [6.45, 7) is 1.94. The number of nitrogens with zero attached hydrogens (tertiary/aromatic N) is 1. The van der Waals surface area contributed by atoms with Gasteiger partial charge in [0.15, 0.2) is 0 Å². The van der Waals surface area contributed by atoms with Gasteiger partial charge in [-0.1, -0.05) is 60.2 Å². The van der Waals surface area contributed by atoms with Gasteiger partial charge in [-0.25, -0.2) is 4.79 Å². The molecule has 176 valence electrons. The normalized spacial score (nSPS) is 14.1. The Morgan fingerprint density at radius 1 is 1.06 bits per heavy atom. The van der Waals surface area contributed by atoms with Gasteiger partial charge < -0.3 is 20.3 Å². The van der Waals surface area contributed by atoms with Crippen molar-refractivity contribution in [3.8, 4) is 11.1 Å². The second-order valence-corrected chi connectivity index (χ2v) is 8.37. The van der Waals surface area contributed by atoms with Crippen LogP contribution in [-0.2, 0) is 4.74 Å². The Morgan fingerprint density at radius 2 is 1.68 bits per heavy atom. The monoisotopic (exact) mass is 462 g/mol. The largest absolute Gasteiger partial charge is 0.449 e. The summed E-state index contributed by atoms with van der Waals surface area (Å²) in [6, 6.07) is 20.4. The molecule has 8 nitrogen and oxygen atoms in total. The van der Waals surface area contributed by atoms with Crippen LogP contribution in [0.4, 0.5) is 10.5 Å². The zero-order chi connectivity index (χ0) is 24.2. The summed E-state index contributed by atoms with van der Waals surface area (Å²) in [5.41, 5.74) is 4.98. The lowest BCUT2D eigenvalue weighted by molar-refractivity contribution is -0.386. The number of benzene rings is 3. The van der Waals surface area contributed by atoms with E-state index in [0.29, 0.717) is 0 Å². The number of aliphatic hydroxyl groups is 2. The van der Waals surface area contributed by atoms with E-state index >= 15 is 0 Å². The molecule has 0 spiro atoms. The molecule has 0 saturated heterocycles. The lowest BCUT2D eigenvalue weighted by Crippen LogP contribution is -2.30. The molecule has 0 bridgehead atoms. The lowest BCUT2D eigenvalue weighted by atomic mass is 9.98. The molecule has 0 aromatic heterocycles. The van der Waals surface area contributed by atoms with E-state index in [1.807, 2.05) is 36.4 Å². The zero-order valence-electron chi connectivity index (χ0n) is 18.7. The number of amides is 1. The second kappa shape index (κ2) is 10.0. The van der Waals surface area contributed by atoms with E-state index in [9.17, 15) is 25.1 Å². The van der Waals surface area contributed by atoms with Crippen LogP contribution in [0.1, 0.15) is 40.7 Å². The average molecular weight is 463 g/mol. The minimum atomic E-state index is -1.45. The first-order valence-electron chi connectivity index (χ1n) is 11.1. The van der Waals surface area contributed by atoms with E-state index in [0.717, 1.165) is 27.8 Å². The molecule has 0 radical (unpaired) electrons. The van der Waals surface area contributed by atoms with Gasteiger partial charge in [-0.2, -0.15) is 0 Å². The van der Waals surface area contributed by atoms with Gasteiger partial charge in [0.1, 0.15) is 12.7 Å². The van der Waals surface area contributed by atoms with Crippen molar-refractivity contribution in [2.45, 2.75) is 31.5 Å². The first kappa shape index (κ1) is 23.4. The van der Waals surface area contributed by atoms with Crippen LogP contribution < -0.4 is 5.32 Å². The molecule has 2 atom stereocenters. The maximum absolute atomic E-state index is 12.3. The summed E-state index contributed by atoms with van der Waals surface area (Å²) < 4.78 is 5.45. The average Bonchev–Trinajstić information content (AvgIpc) is 3.15. The Labute approximate surface area is 197 Å². The molecule has 0 aliphatic heterocycles. The molecule has 1 aliphatic rings. The highest BCUT2D eigenvalue weighted by Gasteiger charge is 2.29. The second-order valence-electron chi connectivity index (χ2n) is 8.37. The van der Waals surface area contributed by atoms with Gasteiger partial charge in [-0.15, -0.1) is 0 Å². The number of nitrogens with one attached hydrogen (secondary N) is 1. The predicted molar refractivity (Wildman–Crippen MR) is 126 cm³/mol. The van der Waals surface area contributed by atoms with Crippen molar-refractivity contribution in [3.05, 3.63) is 99.1 Å². The first-order chi connectivity index (χ1) is 16.4. The van der Waals surface area contributed by atoms with Gasteiger partial charge in [0, 0.05) is 18.5 Å². The number of rotatable bonds is 8. The molecule has 1 amide bonds. The maximum Gasteiger partial charge on any atom is 0.407 e. The number of ether oxygens (including phenoxy) is 1. The molecule has 3 aromatic carbocycles. The van der Waals surface area contributed by atoms with E-state index in [1.54, 1.807) is 13.0 Å². The van der Waals surface area contributed by atoms with Crippen molar-refractivity contribution in [3.63, 3.8) is 0 Å². The molecule has 3 N–H and O–H groups in total. The topological polar surface area (TPSA) is 122 Å². The molecule has 0 saturated carbocycles. The Hall–Kier alpha value is -3.75. The number of nitro groups is 1. The van der Waals surface area contributed by atoms with Gasteiger partial charge in [0.25, 0.3) is 5.69 Å². The summed E-state index contributed by atoms with van der Waals surface area (Å²) in [5, 5.41) is 34.6. The van der Waals surface area contributed by atoms with Crippen molar-refractivity contribution >= 4 is 11.8 Å². The molecule has 8 heteroatoms. The number of nitro benzene ring substituents is 1. The third kappa shape index (κ3) is 4.78. The first-order valence-corrected chi connectivity index (χ1v) is 11.1. The number of aliphatic hydroxyl groups excluding tert-OH is 2. The molecular weight excluding hydrogens is 436 g/mol. The van der Waals surface area contributed by atoms with Crippen LogP contribution in [0.2, 0.25) is 0 Å². The molecule has 0 heterocycles. The summed E-state index contributed by atoms with van der Waals surface area (Å²) in [7, 11) is 0. The smallest absolute Gasteiger partial charge is 0.407 e. The van der Waals surface area contributed by atoms with E-state index in [4.69, 9.17) is 4.74 Å². The van der Waals surface area contributed by atoms with Crippen LogP contribution >= 0.6 is 0 Å². The molecular formula is C26H26N2O6. The SMILES string of the molecule is Cc1ccc([N+](=O)[O-])c(C(O)C(O)CCNC(=O)OCC2c3ccccc3-c3ccccc32)c1. The molecule has 0 fully saturated rings. The zero-order valence-corrected chi connectivity index (χ0v) is 18.7. The van der Waals surface area contributed by atoms with Crippen LogP contribution in [-0.4, -0.2) is 40.5 Å². The van der Waals surface area contributed by atoms with E-state index in [2.05, 4.69) is 17.4 Å². The van der Waals surface area contributed by atoms with Crippen molar-refractivity contribution < 1.29 is 24.7 Å². The Morgan fingerprint density at radius 3 is 2.29 bits per heavy atom. The number of hydrogen-bond acceptors (Lipinski definition) is 6. The van der Waals surface area contributed by atoms with Crippen molar-refractivity contribution in [2.24, 2.45) is 0 Å². The van der Waals surface area contributed by atoms with Crippen LogP contribution in [0.5, 0.6) is 0 Å². The van der Waals surface area contributed by atoms with E-state index in [-0.39, 0.29) is 36.7 Å². The van der Waals surface area contributed by atoms with Gasteiger partial charge in [-0.3, -0.25) is 10.1 Å². The molecule has 1 aliphatic carbocycles. The fraction of sp³-hybridized carbons (Fsp3) is 0.269. The number of aryl methyl sites for hydroxylation is 1. The summed E-state index contributed by atoms with van der Waals surface area (Å²) >= 11 is 0. The highest BCUT2D eigenvalue weighted by atomic mass is 16.6. The number of hydrogen-bond donors (Lipinski definition) is 3. The highest BCUT2D eigenvalue weighted by molar-refractivity contribution is 5.79. The Balaban J connectivity index is 1.31. The van der Waals surface area contributed by atoms with Crippen LogP contribution in [0.15, 0.2) is 66.7 Å². The van der Waals surface area contributed by atoms with Gasteiger partial charge in [0.2, 0.25) is 0 Å². The van der Waals surface area contributed by atoms with Gasteiger partial charge >= 0.3 is 6.09 Å². The Bertz CT molecular complexity index is 1170. The fourth-order valence-electron chi connectivity index (χ4n) is 4.41. The standard InChI is InChI=1S/C26H26N2O6/c1-16-10-11-23(28(32)33)21(14-16)25(30)24(29)12-13-27-26(31)34-15-22-19-8-4-2-6-17(19)18-7-3-5-9-20(18)22/h2-11,14,22,24-25,29-30H,12-13,15H2,1H3,(H,27,31). The lowest BCUT2D eigenvalue weighted by Gasteiger charge is -2.19. The third-order valence-electron chi connectivity index (χ3n) is 6.12. The Kier molecular flexibility index (Phi) is 6.90. The maximum atomic E-state index is 12.3. The van der Waals surface area contributed by atoms with Crippen molar-refractivity contribution in [1.29, 1.82) is 0 Å². The van der Waals surface area contributed by atoms with Crippen LogP contribution in [0, 0.1) is 17.0 Å². The van der Waals surface area contributed by atoms with Gasteiger partial charge in [0.05, 0.1) is 16.6 Å². The van der Waals surface area contributed by atoms with E-state index in [1.165, 1.54) is 12.1 Å². The van der Waals surface area contributed by atoms with Crippen molar-refractivity contribution in [1.82, 2.24) is 5.32 Å². The third-order valence-corrected chi connectivity index (χ3v) is 6.12. The molecule has 34 heavy (non-hydrogen) atoms. The minimum absolute atomic E-state index is 0.00351. The quantitative estimate of drug-likeness (QED) is 0.340. The molecule has 2 unspecified atom stereocenters. The van der Waals surface area contributed by atoms with Crippen LogP contribution in [0.25, 0.3) is 11.1 Å². The fourth-order valence-corrected chi connectivity index (χ4v) is 4.41. The van der Waals surface area contributed by atoms with E-state index < -0.39 is 23.2 Å². The summed E-state index contributed by atoms with van der Waals surface area (Å²) in [6.07, 6.45) is -3.39. The summed E-state index contributed by atoms with van der Waals surface area (Å²) in [5.74, 6) is -0.0626. The highest BCUT2D eigenvalue weighted by Crippen LogP contribution is 2.44. The molecule has 3 aromatic rings.